The van der Waals surface area contributed by atoms with Crippen molar-refractivity contribution in [2.45, 2.75) is 0 Å². The van der Waals surface area contributed by atoms with Crippen LogP contribution in [0.25, 0.3) is 10.9 Å². The maximum atomic E-state index is 12.8. The Hall–Kier alpha value is -3.28. The van der Waals surface area contributed by atoms with Crippen molar-refractivity contribution < 1.29 is 14.3 Å². The molecule has 2 amide bonds. The molecule has 0 bridgehead atoms. The predicted molar refractivity (Wildman–Crippen MR) is 103 cm³/mol. The Morgan fingerprint density at radius 3 is 2.33 bits per heavy atom. The normalized spacial score (nSPS) is 14.4. The van der Waals surface area contributed by atoms with E-state index in [0.717, 1.165) is 10.9 Å². The monoisotopic (exact) mass is 363 g/mol. The lowest BCUT2D eigenvalue weighted by Crippen LogP contribution is -2.51. The molecular formula is C21H21N3O3. The fraction of sp³-hybridized carbons (Fsp3) is 0.238. The zero-order chi connectivity index (χ0) is 18.6. The van der Waals surface area contributed by atoms with Crippen molar-refractivity contribution in [2.75, 3.05) is 32.8 Å². The Labute approximate surface area is 157 Å². The van der Waals surface area contributed by atoms with Crippen LogP contribution in [-0.2, 0) is 4.79 Å². The molecule has 1 aromatic heterocycles. The molecule has 1 saturated heterocycles. The number of H-pyrrole nitrogens is 1. The molecule has 0 aliphatic carbocycles. The molecule has 1 aliphatic rings. The first-order chi connectivity index (χ1) is 13.2. The summed E-state index contributed by atoms with van der Waals surface area (Å²) in [6, 6.07) is 17.1. The van der Waals surface area contributed by atoms with Crippen molar-refractivity contribution in [1.29, 1.82) is 0 Å². The van der Waals surface area contributed by atoms with E-state index >= 15 is 0 Å². The van der Waals surface area contributed by atoms with Crippen LogP contribution in [0.15, 0.2) is 60.8 Å². The van der Waals surface area contributed by atoms with Crippen LogP contribution >= 0.6 is 0 Å². The van der Waals surface area contributed by atoms with E-state index in [1.54, 1.807) is 16.0 Å². The van der Waals surface area contributed by atoms with Gasteiger partial charge < -0.3 is 19.5 Å². The van der Waals surface area contributed by atoms with Crippen molar-refractivity contribution in [3.63, 3.8) is 0 Å². The van der Waals surface area contributed by atoms with Gasteiger partial charge in [-0.25, -0.2) is 0 Å². The third-order valence-electron chi connectivity index (χ3n) is 4.84. The molecule has 2 heterocycles. The average Bonchev–Trinajstić information content (AvgIpc) is 3.16. The van der Waals surface area contributed by atoms with Gasteiger partial charge in [-0.1, -0.05) is 36.4 Å². The van der Waals surface area contributed by atoms with Crippen molar-refractivity contribution in [3.8, 4) is 5.75 Å². The number of carbonyl (C=O) groups excluding carboxylic acids is 2. The average molecular weight is 363 g/mol. The summed E-state index contributed by atoms with van der Waals surface area (Å²) >= 11 is 0. The largest absolute Gasteiger partial charge is 0.484 e. The zero-order valence-corrected chi connectivity index (χ0v) is 14.9. The van der Waals surface area contributed by atoms with Crippen LogP contribution < -0.4 is 4.74 Å². The topological polar surface area (TPSA) is 65.6 Å². The summed E-state index contributed by atoms with van der Waals surface area (Å²) in [7, 11) is 0. The molecule has 27 heavy (non-hydrogen) atoms. The van der Waals surface area contributed by atoms with Gasteiger partial charge in [0.05, 0.1) is 5.56 Å². The van der Waals surface area contributed by atoms with Crippen molar-refractivity contribution in [2.24, 2.45) is 0 Å². The van der Waals surface area contributed by atoms with Crippen LogP contribution in [0.1, 0.15) is 10.4 Å². The number of para-hydroxylation sites is 2. The highest BCUT2D eigenvalue weighted by atomic mass is 16.5. The van der Waals surface area contributed by atoms with Gasteiger partial charge in [0.1, 0.15) is 5.75 Å². The number of piperazine rings is 1. The number of hydrogen-bond donors (Lipinski definition) is 1. The van der Waals surface area contributed by atoms with Gasteiger partial charge in [-0.15, -0.1) is 0 Å². The lowest BCUT2D eigenvalue weighted by molar-refractivity contribution is -0.134. The van der Waals surface area contributed by atoms with E-state index in [-0.39, 0.29) is 18.4 Å². The maximum absolute atomic E-state index is 12.8. The quantitative estimate of drug-likeness (QED) is 0.775. The summed E-state index contributed by atoms with van der Waals surface area (Å²) in [5, 5.41) is 0.928. The van der Waals surface area contributed by atoms with Crippen LogP contribution in [0.2, 0.25) is 0 Å². The Morgan fingerprint density at radius 2 is 1.56 bits per heavy atom. The van der Waals surface area contributed by atoms with Gasteiger partial charge in [0.2, 0.25) is 0 Å². The smallest absolute Gasteiger partial charge is 0.260 e. The summed E-state index contributed by atoms with van der Waals surface area (Å²) in [5.74, 6) is 0.622. The molecule has 0 saturated carbocycles. The highest BCUT2D eigenvalue weighted by Gasteiger charge is 2.26. The molecule has 0 radical (unpaired) electrons. The van der Waals surface area contributed by atoms with E-state index in [1.807, 2.05) is 54.6 Å². The van der Waals surface area contributed by atoms with Gasteiger partial charge in [-0.3, -0.25) is 9.59 Å². The standard InChI is InChI=1S/C21H21N3O3/c25-20(15-27-16-6-2-1-3-7-16)23-10-12-24(13-11-23)21(26)18-14-22-19-9-5-4-8-17(18)19/h1-9,14,22H,10-13,15H2. The van der Waals surface area contributed by atoms with Crippen molar-refractivity contribution >= 4 is 22.7 Å². The summed E-state index contributed by atoms with van der Waals surface area (Å²) in [6.07, 6.45) is 1.76. The van der Waals surface area contributed by atoms with Gasteiger partial charge in [0.15, 0.2) is 6.61 Å². The molecule has 0 spiro atoms. The number of aromatic nitrogens is 1. The van der Waals surface area contributed by atoms with Gasteiger partial charge in [0, 0.05) is 43.3 Å². The summed E-state index contributed by atoms with van der Waals surface area (Å²) in [6.45, 7) is 2.10. The lowest BCUT2D eigenvalue weighted by Gasteiger charge is -2.34. The molecule has 138 valence electrons. The number of fused-ring (bicyclic) bond motifs is 1. The molecule has 4 rings (SSSR count). The number of benzene rings is 2. The number of aromatic amines is 1. The minimum absolute atomic E-state index is 0.0000783. The van der Waals surface area contributed by atoms with Gasteiger partial charge in [-0.2, -0.15) is 0 Å². The zero-order valence-electron chi connectivity index (χ0n) is 14.9. The molecule has 1 aliphatic heterocycles. The number of rotatable bonds is 4. The molecule has 3 aromatic rings. The van der Waals surface area contributed by atoms with E-state index in [9.17, 15) is 9.59 Å². The van der Waals surface area contributed by atoms with Crippen LogP contribution in [0, 0.1) is 0 Å². The second kappa shape index (κ2) is 7.53. The first-order valence-corrected chi connectivity index (χ1v) is 9.03. The number of carbonyl (C=O) groups is 2. The fourth-order valence-electron chi connectivity index (χ4n) is 3.33. The molecule has 0 atom stereocenters. The number of nitrogens with zero attached hydrogens (tertiary/aromatic N) is 2. The Bertz CT molecular complexity index is 943. The van der Waals surface area contributed by atoms with Crippen LogP contribution in [0.3, 0.4) is 0 Å². The third kappa shape index (κ3) is 3.65. The minimum Gasteiger partial charge on any atom is -0.484 e. The molecule has 0 unspecified atom stereocenters. The van der Waals surface area contributed by atoms with Gasteiger partial charge in [0.25, 0.3) is 11.8 Å². The third-order valence-corrected chi connectivity index (χ3v) is 4.84. The first-order valence-electron chi connectivity index (χ1n) is 9.03. The molecule has 1 N–H and O–H groups in total. The molecule has 6 heteroatoms. The van der Waals surface area contributed by atoms with E-state index in [4.69, 9.17) is 4.74 Å². The molecular weight excluding hydrogens is 342 g/mol. The summed E-state index contributed by atoms with van der Waals surface area (Å²) in [5.41, 5.74) is 1.63. The highest BCUT2D eigenvalue weighted by molar-refractivity contribution is 6.06. The molecule has 2 aromatic carbocycles. The van der Waals surface area contributed by atoms with Crippen molar-refractivity contribution in [1.82, 2.24) is 14.8 Å². The summed E-state index contributed by atoms with van der Waals surface area (Å²) in [4.78, 5) is 31.9. The van der Waals surface area contributed by atoms with E-state index in [2.05, 4.69) is 4.98 Å². The van der Waals surface area contributed by atoms with Crippen molar-refractivity contribution in [3.05, 3.63) is 66.4 Å². The highest BCUT2D eigenvalue weighted by Crippen LogP contribution is 2.20. The Morgan fingerprint density at radius 1 is 0.889 bits per heavy atom. The van der Waals surface area contributed by atoms with Crippen LogP contribution in [0.5, 0.6) is 5.75 Å². The molecule has 6 nitrogen and oxygen atoms in total. The number of ether oxygens (including phenoxy) is 1. The number of hydrogen-bond acceptors (Lipinski definition) is 3. The Balaban J connectivity index is 1.33. The number of nitrogens with one attached hydrogen (secondary N) is 1. The SMILES string of the molecule is O=C(COc1ccccc1)N1CCN(C(=O)c2c[nH]c3ccccc23)CC1. The van der Waals surface area contributed by atoms with Gasteiger partial charge >= 0.3 is 0 Å². The minimum atomic E-state index is -0.0574. The lowest BCUT2D eigenvalue weighted by atomic mass is 10.1. The second-order valence-electron chi connectivity index (χ2n) is 6.52. The van der Waals surface area contributed by atoms with E-state index < -0.39 is 0 Å². The predicted octanol–water partition coefficient (Wildman–Crippen LogP) is 2.53. The Kier molecular flexibility index (Phi) is 4.78. The number of amides is 2. The van der Waals surface area contributed by atoms with E-state index in [1.165, 1.54) is 0 Å². The fourth-order valence-corrected chi connectivity index (χ4v) is 3.33. The molecule has 1 fully saturated rings. The first kappa shape index (κ1) is 17.1. The van der Waals surface area contributed by atoms with Gasteiger partial charge in [-0.05, 0) is 18.2 Å². The second-order valence-corrected chi connectivity index (χ2v) is 6.52. The van der Waals surface area contributed by atoms with Crippen LogP contribution in [0.4, 0.5) is 0 Å². The summed E-state index contributed by atoms with van der Waals surface area (Å²) < 4.78 is 5.53. The van der Waals surface area contributed by atoms with E-state index in [0.29, 0.717) is 37.5 Å². The van der Waals surface area contributed by atoms with Crippen LogP contribution in [-0.4, -0.2) is 59.4 Å². The maximum Gasteiger partial charge on any atom is 0.260 e.